The van der Waals surface area contributed by atoms with Crippen LogP contribution in [0.15, 0.2) is 46.2 Å². The number of hydrogen-bond acceptors (Lipinski definition) is 3. The van der Waals surface area contributed by atoms with Gasteiger partial charge in [0.1, 0.15) is 0 Å². The smallest absolute Gasteiger partial charge is 0.158 e. The third-order valence-corrected chi connectivity index (χ3v) is 4.77. The highest BCUT2D eigenvalue weighted by Gasteiger charge is 2.21. The fourth-order valence-electron chi connectivity index (χ4n) is 2.25. The molecule has 18 heavy (non-hydrogen) atoms. The maximum absolute atomic E-state index is 12.5. The van der Waals surface area contributed by atoms with Gasteiger partial charge in [-0.05, 0) is 36.1 Å². The predicted molar refractivity (Wildman–Crippen MR) is 68.3 cm³/mol. The number of rotatable bonds is 0. The first kappa shape index (κ1) is 11.3. The van der Waals surface area contributed by atoms with E-state index < -0.39 is 10.8 Å². The molecule has 0 saturated carbocycles. The molecule has 4 heteroatoms. The largest absolute Gasteiger partial charge is 0.504 e. The van der Waals surface area contributed by atoms with Crippen molar-refractivity contribution in [2.24, 2.45) is 0 Å². The van der Waals surface area contributed by atoms with Crippen LogP contribution in [0.2, 0.25) is 0 Å². The lowest BCUT2D eigenvalue weighted by Gasteiger charge is -2.07. The molecule has 1 heterocycles. The fourth-order valence-corrected chi connectivity index (χ4v) is 3.71. The van der Waals surface area contributed by atoms with E-state index in [1.54, 1.807) is 0 Å². The van der Waals surface area contributed by atoms with Crippen LogP contribution in [-0.4, -0.2) is 14.4 Å². The normalized spacial score (nSPS) is 17.7. The summed E-state index contributed by atoms with van der Waals surface area (Å²) in [5.41, 5.74) is 1.89. The van der Waals surface area contributed by atoms with Crippen molar-refractivity contribution in [3.63, 3.8) is 0 Å². The van der Waals surface area contributed by atoms with E-state index in [1.807, 2.05) is 24.3 Å². The Hall–Kier alpha value is -1.81. The van der Waals surface area contributed by atoms with Gasteiger partial charge >= 0.3 is 0 Å². The van der Waals surface area contributed by atoms with E-state index in [0.717, 1.165) is 22.4 Å². The standard InChI is InChI=1S/C14H12O3S/c15-11-7-10-6-5-9-3-1-2-4-13(9)18(17)14(10)8-12(11)16/h1-4,7-8,15-16H,5-6H2. The number of fused-ring (bicyclic) bond motifs is 2. The number of phenolic OH excluding ortho intramolecular Hbond substituents is 2. The van der Waals surface area contributed by atoms with Crippen LogP contribution in [-0.2, 0) is 23.6 Å². The number of benzene rings is 2. The van der Waals surface area contributed by atoms with Crippen LogP contribution in [0.3, 0.4) is 0 Å². The van der Waals surface area contributed by atoms with Gasteiger partial charge in [0.15, 0.2) is 11.5 Å². The molecule has 0 saturated heterocycles. The summed E-state index contributed by atoms with van der Waals surface area (Å²) in [6.07, 6.45) is 1.51. The van der Waals surface area contributed by atoms with Gasteiger partial charge in [0, 0.05) is 11.0 Å². The monoisotopic (exact) mass is 260 g/mol. The van der Waals surface area contributed by atoms with E-state index in [-0.39, 0.29) is 11.5 Å². The summed E-state index contributed by atoms with van der Waals surface area (Å²) in [6.45, 7) is 0. The summed E-state index contributed by atoms with van der Waals surface area (Å²) in [4.78, 5) is 1.39. The summed E-state index contributed by atoms with van der Waals surface area (Å²) < 4.78 is 12.5. The zero-order chi connectivity index (χ0) is 12.7. The van der Waals surface area contributed by atoms with Crippen LogP contribution in [0.1, 0.15) is 11.1 Å². The third kappa shape index (κ3) is 1.69. The summed E-state index contributed by atoms with van der Waals surface area (Å²) >= 11 is 0. The second-order valence-electron chi connectivity index (χ2n) is 4.33. The highest BCUT2D eigenvalue weighted by Crippen LogP contribution is 2.35. The molecule has 1 unspecified atom stereocenters. The van der Waals surface area contributed by atoms with Gasteiger partial charge in [-0.3, -0.25) is 0 Å². The van der Waals surface area contributed by atoms with Gasteiger partial charge in [-0.2, -0.15) is 0 Å². The van der Waals surface area contributed by atoms with Crippen molar-refractivity contribution in [3.05, 3.63) is 47.5 Å². The molecule has 0 radical (unpaired) electrons. The zero-order valence-electron chi connectivity index (χ0n) is 9.59. The molecule has 2 N–H and O–H groups in total. The summed E-state index contributed by atoms with van der Waals surface area (Å²) in [5, 5.41) is 19.1. The Bertz CT molecular complexity index is 649. The first-order valence-electron chi connectivity index (χ1n) is 5.71. The van der Waals surface area contributed by atoms with Crippen LogP contribution in [0.4, 0.5) is 0 Å². The highest BCUT2D eigenvalue weighted by atomic mass is 32.2. The maximum Gasteiger partial charge on any atom is 0.158 e. The average molecular weight is 260 g/mol. The lowest BCUT2D eigenvalue weighted by atomic mass is 10.0. The van der Waals surface area contributed by atoms with Crippen molar-refractivity contribution >= 4 is 10.8 Å². The molecule has 0 aromatic heterocycles. The van der Waals surface area contributed by atoms with Gasteiger partial charge in [0.05, 0.1) is 15.7 Å². The molecular weight excluding hydrogens is 248 g/mol. The Balaban J connectivity index is 2.22. The minimum Gasteiger partial charge on any atom is -0.504 e. The van der Waals surface area contributed by atoms with Gasteiger partial charge in [-0.1, -0.05) is 18.2 Å². The number of aryl methyl sites for hydroxylation is 2. The minimum absolute atomic E-state index is 0.156. The Kier molecular flexibility index (Phi) is 2.59. The van der Waals surface area contributed by atoms with Gasteiger partial charge in [0.2, 0.25) is 0 Å². The van der Waals surface area contributed by atoms with Crippen LogP contribution in [0.25, 0.3) is 0 Å². The number of hydrogen-bond donors (Lipinski definition) is 2. The molecule has 0 amide bonds. The Morgan fingerprint density at radius 2 is 1.56 bits per heavy atom. The van der Waals surface area contributed by atoms with E-state index in [1.165, 1.54) is 12.1 Å². The first-order chi connectivity index (χ1) is 8.66. The Morgan fingerprint density at radius 3 is 2.39 bits per heavy atom. The molecule has 1 atom stereocenters. The second kappa shape index (κ2) is 4.14. The van der Waals surface area contributed by atoms with Crippen molar-refractivity contribution in [1.29, 1.82) is 0 Å². The van der Waals surface area contributed by atoms with Gasteiger partial charge in [-0.25, -0.2) is 4.21 Å². The van der Waals surface area contributed by atoms with Gasteiger partial charge < -0.3 is 10.2 Å². The molecule has 0 fully saturated rings. The fraction of sp³-hybridized carbons (Fsp3) is 0.143. The molecule has 1 aliphatic rings. The molecule has 2 aromatic rings. The predicted octanol–water partition coefficient (Wildman–Crippen LogP) is 2.36. The first-order valence-corrected chi connectivity index (χ1v) is 6.86. The Labute approximate surface area is 107 Å². The molecule has 92 valence electrons. The third-order valence-electron chi connectivity index (χ3n) is 3.19. The van der Waals surface area contributed by atoms with E-state index >= 15 is 0 Å². The molecule has 3 rings (SSSR count). The molecule has 3 nitrogen and oxygen atoms in total. The second-order valence-corrected chi connectivity index (χ2v) is 5.74. The van der Waals surface area contributed by atoms with E-state index in [9.17, 15) is 14.4 Å². The molecule has 0 spiro atoms. The lowest BCUT2D eigenvalue weighted by molar-refractivity contribution is 0.401. The molecule has 0 aliphatic carbocycles. The summed E-state index contributed by atoms with van der Waals surface area (Å²) in [6, 6.07) is 10.5. The van der Waals surface area contributed by atoms with Gasteiger partial charge in [-0.15, -0.1) is 0 Å². The molecule has 0 bridgehead atoms. The molecule has 1 aliphatic heterocycles. The van der Waals surface area contributed by atoms with E-state index in [4.69, 9.17) is 0 Å². The quantitative estimate of drug-likeness (QED) is 0.715. The van der Waals surface area contributed by atoms with E-state index in [0.29, 0.717) is 11.3 Å². The van der Waals surface area contributed by atoms with Crippen molar-refractivity contribution < 1.29 is 14.4 Å². The topological polar surface area (TPSA) is 57.5 Å². The van der Waals surface area contributed by atoms with Crippen LogP contribution >= 0.6 is 0 Å². The molecular formula is C14H12O3S. The summed E-state index contributed by atoms with van der Waals surface area (Å²) in [5.74, 6) is -0.377. The zero-order valence-corrected chi connectivity index (χ0v) is 10.4. The molecule has 2 aromatic carbocycles. The van der Waals surface area contributed by atoms with Crippen molar-refractivity contribution in [1.82, 2.24) is 0 Å². The SMILES string of the molecule is O=S1c2ccccc2CCc2cc(O)c(O)cc21. The van der Waals surface area contributed by atoms with E-state index in [2.05, 4.69) is 0 Å². The van der Waals surface area contributed by atoms with Crippen molar-refractivity contribution in [2.75, 3.05) is 0 Å². The van der Waals surface area contributed by atoms with Crippen LogP contribution in [0, 0.1) is 0 Å². The Morgan fingerprint density at radius 1 is 0.889 bits per heavy atom. The van der Waals surface area contributed by atoms with Crippen LogP contribution in [0.5, 0.6) is 11.5 Å². The van der Waals surface area contributed by atoms with Crippen molar-refractivity contribution in [2.45, 2.75) is 22.6 Å². The highest BCUT2D eigenvalue weighted by molar-refractivity contribution is 7.85. The number of phenols is 2. The minimum atomic E-state index is -1.30. The van der Waals surface area contributed by atoms with Crippen LogP contribution < -0.4 is 0 Å². The van der Waals surface area contributed by atoms with Crippen molar-refractivity contribution in [3.8, 4) is 11.5 Å². The number of aromatic hydroxyl groups is 2. The van der Waals surface area contributed by atoms with Gasteiger partial charge in [0.25, 0.3) is 0 Å². The lowest BCUT2D eigenvalue weighted by Crippen LogP contribution is -1.96. The summed E-state index contributed by atoms with van der Waals surface area (Å²) in [7, 11) is -1.30. The average Bonchev–Trinajstić information content (AvgIpc) is 2.51. The maximum atomic E-state index is 12.5.